The first kappa shape index (κ1) is 28.4. The van der Waals surface area contributed by atoms with Crippen LogP contribution >= 0.6 is 0 Å². The minimum atomic E-state index is -1.11. The number of carbonyl (C=O) groups is 2. The van der Waals surface area contributed by atoms with Crippen molar-refractivity contribution in [1.29, 1.82) is 0 Å². The maximum absolute atomic E-state index is 12.5. The van der Waals surface area contributed by atoms with Crippen LogP contribution in [0.2, 0.25) is 0 Å². The summed E-state index contributed by atoms with van der Waals surface area (Å²) in [6.07, 6.45) is 7.43. The Kier molecular flexibility index (Phi) is 6.96. The van der Waals surface area contributed by atoms with Crippen LogP contribution in [0.5, 0.6) is 11.5 Å². The number of fused-ring (bicyclic) bond motifs is 4. The molecule has 0 saturated heterocycles. The van der Waals surface area contributed by atoms with Crippen LogP contribution in [0.3, 0.4) is 0 Å². The fourth-order valence-corrected chi connectivity index (χ4v) is 6.85. The van der Waals surface area contributed by atoms with Crippen molar-refractivity contribution >= 4 is 23.2 Å². The third kappa shape index (κ3) is 5.33. The predicted molar refractivity (Wildman–Crippen MR) is 159 cm³/mol. The molecule has 7 nitrogen and oxygen atoms in total. The largest absolute Gasteiger partial charge is 0.478 e. The summed E-state index contributed by atoms with van der Waals surface area (Å²) in [4.78, 5) is 27.5. The molecule has 0 amide bonds. The summed E-state index contributed by atoms with van der Waals surface area (Å²) in [5.74, 6) is -0.410. The van der Waals surface area contributed by atoms with Crippen molar-refractivity contribution in [2.75, 3.05) is 5.32 Å². The lowest BCUT2D eigenvalue weighted by molar-refractivity contribution is -0.588. The Morgan fingerprint density at radius 1 is 1.00 bits per heavy atom. The highest BCUT2D eigenvalue weighted by Gasteiger charge is 2.36. The van der Waals surface area contributed by atoms with Gasteiger partial charge in [-0.2, -0.15) is 0 Å². The van der Waals surface area contributed by atoms with Crippen molar-refractivity contribution in [2.45, 2.75) is 84.2 Å². The van der Waals surface area contributed by atoms with Crippen molar-refractivity contribution in [3.05, 3.63) is 87.0 Å². The van der Waals surface area contributed by atoms with Gasteiger partial charge in [0.2, 0.25) is 5.36 Å². The van der Waals surface area contributed by atoms with Crippen molar-refractivity contribution in [1.82, 2.24) is 0 Å². The SMILES string of the molecule is C\C=C(C(=O)O)/C(=C\C=C\C(=O)O)C1=c2cc3c(cc2Oc2cc4c(cc21)C(C)CC(C)(C)N4)=[NH+]C(C)(C)CC3C. The number of rotatable bonds is 5. The second-order valence-corrected chi connectivity index (χ2v) is 12.9. The molecule has 2 aromatic carbocycles. The van der Waals surface area contributed by atoms with E-state index < -0.39 is 11.9 Å². The molecule has 41 heavy (non-hydrogen) atoms. The van der Waals surface area contributed by atoms with E-state index in [4.69, 9.17) is 4.74 Å². The lowest BCUT2D eigenvalue weighted by atomic mass is 9.79. The fraction of sp³-hybridized carbons (Fsp3) is 0.382. The van der Waals surface area contributed by atoms with E-state index >= 15 is 0 Å². The van der Waals surface area contributed by atoms with Crippen LogP contribution in [-0.4, -0.2) is 33.2 Å². The van der Waals surface area contributed by atoms with Crippen molar-refractivity contribution in [3.63, 3.8) is 0 Å². The molecule has 0 bridgehead atoms. The number of aliphatic carboxylic acids is 2. The van der Waals surface area contributed by atoms with E-state index in [9.17, 15) is 19.8 Å². The van der Waals surface area contributed by atoms with E-state index in [2.05, 4.69) is 64.0 Å². The third-order valence-corrected chi connectivity index (χ3v) is 8.28. The first-order valence-corrected chi connectivity index (χ1v) is 14.2. The van der Waals surface area contributed by atoms with Gasteiger partial charge in [0.1, 0.15) is 11.5 Å². The molecule has 0 fully saturated rings. The molecule has 3 heterocycles. The zero-order valence-electron chi connectivity index (χ0n) is 24.8. The van der Waals surface area contributed by atoms with Gasteiger partial charge in [0.25, 0.3) is 0 Å². The highest BCUT2D eigenvalue weighted by Crippen LogP contribution is 2.46. The monoisotopic (exact) mass is 555 g/mol. The molecule has 0 aliphatic carbocycles. The summed E-state index contributed by atoms with van der Waals surface area (Å²) >= 11 is 0. The first-order valence-electron chi connectivity index (χ1n) is 14.2. The lowest BCUT2D eigenvalue weighted by Gasteiger charge is -2.38. The van der Waals surface area contributed by atoms with Crippen LogP contribution < -0.4 is 25.6 Å². The van der Waals surface area contributed by atoms with Crippen LogP contribution in [0.4, 0.5) is 5.69 Å². The van der Waals surface area contributed by atoms with Crippen molar-refractivity contribution in [3.8, 4) is 11.5 Å². The predicted octanol–water partition coefficient (Wildman–Crippen LogP) is 4.27. The van der Waals surface area contributed by atoms with Gasteiger partial charge >= 0.3 is 11.9 Å². The number of hydrogen-bond acceptors (Lipinski definition) is 4. The lowest BCUT2D eigenvalue weighted by Crippen LogP contribution is -2.90. The van der Waals surface area contributed by atoms with E-state index in [1.165, 1.54) is 6.08 Å². The normalized spacial score (nSPS) is 22.4. The van der Waals surface area contributed by atoms with E-state index in [-0.39, 0.29) is 28.5 Å². The molecule has 2 aromatic rings. The summed E-state index contributed by atoms with van der Waals surface area (Å²) in [6, 6.07) is 8.27. The molecule has 0 saturated carbocycles. The average Bonchev–Trinajstić information content (AvgIpc) is 2.83. The number of carboxylic acids is 2. The minimum absolute atomic E-state index is 0.0847. The minimum Gasteiger partial charge on any atom is -0.478 e. The Bertz CT molecular complexity index is 1690. The molecule has 214 valence electrons. The highest BCUT2D eigenvalue weighted by molar-refractivity contribution is 6.02. The molecule has 3 aliphatic rings. The molecule has 4 N–H and O–H groups in total. The maximum atomic E-state index is 12.5. The van der Waals surface area contributed by atoms with Gasteiger partial charge in [-0.25, -0.2) is 14.6 Å². The summed E-state index contributed by atoms with van der Waals surface area (Å²) in [5, 5.41) is 25.0. The Morgan fingerprint density at radius 3 is 2.37 bits per heavy atom. The van der Waals surface area contributed by atoms with E-state index in [0.717, 1.165) is 51.9 Å². The second-order valence-electron chi connectivity index (χ2n) is 12.9. The standard InChI is InChI=1S/C34H38N2O5/c1-8-20(32(39)40)21(10-9-11-30(37)38)31-24-12-22-18(2)16-33(4,5)35-26(22)14-28(24)41-29-15-27-23(13-25(29)31)19(3)17-34(6,7)36-27/h8-15,18-19,35H,16-17H2,1-7H3,(H,37,38)(H,39,40)/p+1/b11-9+,20-8+,21-10+. The smallest absolute Gasteiger partial charge is 0.335 e. The summed E-state index contributed by atoms with van der Waals surface area (Å²) < 4.78 is 6.61. The number of anilines is 1. The molecular weight excluding hydrogens is 516 g/mol. The second kappa shape index (κ2) is 10.1. The molecule has 7 heteroatoms. The summed E-state index contributed by atoms with van der Waals surface area (Å²) in [5.41, 5.74) is 5.13. The molecule has 0 aromatic heterocycles. The van der Waals surface area contributed by atoms with Gasteiger partial charge in [-0.3, -0.25) is 0 Å². The van der Waals surface area contributed by atoms with Gasteiger partial charge in [0.15, 0.2) is 5.54 Å². The molecule has 0 spiro atoms. The van der Waals surface area contributed by atoms with Gasteiger partial charge < -0.3 is 20.3 Å². The fourth-order valence-electron chi connectivity index (χ4n) is 6.85. The summed E-state index contributed by atoms with van der Waals surface area (Å²) in [7, 11) is 0. The quantitative estimate of drug-likeness (QED) is 0.324. The zero-order valence-corrected chi connectivity index (χ0v) is 24.8. The van der Waals surface area contributed by atoms with E-state index in [1.54, 1.807) is 19.1 Å². The number of ether oxygens (including phenoxy) is 1. The van der Waals surface area contributed by atoms with Gasteiger partial charge in [-0.1, -0.05) is 32.1 Å². The Hall–Kier alpha value is -4.13. The topological polar surface area (TPSA) is 110 Å². The van der Waals surface area contributed by atoms with Crippen LogP contribution in [-0.2, 0) is 9.59 Å². The number of allylic oxidation sites excluding steroid dienone is 3. The first-order chi connectivity index (χ1) is 19.2. The van der Waals surface area contributed by atoms with Gasteiger partial charge in [0, 0.05) is 51.7 Å². The Balaban J connectivity index is 1.90. The number of carboxylic acid groups (broad SMARTS) is 2. The molecule has 0 radical (unpaired) electrons. The number of hydrogen-bond donors (Lipinski definition) is 4. The Labute approximate surface area is 240 Å². The van der Waals surface area contributed by atoms with E-state index in [1.807, 2.05) is 12.1 Å². The molecule has 2 unspecified atom stereocenters. The van der Waals surface area contributed by atoms with Crippen LogP contribution in [0, 0.1) is 0 Å². The highest BCUT2D eigenvalue weighted by atomic mass is 16.5. The molecule has 2 atom stereocenters. The van der Waals surface area contributed by atoms with Crippen LogP contribution in [0.1, 0.15) is 89.8 Å². The number of nitrogens with one attached hydrogen (secondary N) is 2. The van der Waals surface area contributed by atoms with Crippen molar-refractivity contribution in [2.24, 2.45) is 0 Å². The third-order valence-electron chi connectivity index (χ3n) is 8.28. The maximum Gasteiger partial charge on any atom is 0.335 e. The molecular formula is C34H39N2O5+. The molecule has 3 aliphatic heterocycles. The van der Waals surface area contributed by atoms with Gasteiger partial charge in [0.05, 0.1) is 11.6 Å². The Morgan fingerprint density at radius 2 is 1.71 bits per heavy atom. The van der Waals surface area contributed by atoms with Gasteiger partial charge in [-0.05, 0) is 76.1 Å². The van der Waals surface area contributed by atoms with Gasteiger partial charge in [-0.15, -0.1) is 0 Å². The van der Waals surface area contributed by atoms with Crippen LogP contribution in [0.15, 0.2) is 59.7 Å². The average molecular weight is 556 g/mol. The van der Waals surface area contributed by atoms with E-state index in [0.29, 0.717) is 22.6 Å². The molecule has 5 rings (SSSR count). The van der Waals surface area contributed by atoms with Crippen LogP contribution in [0.25, 0.3) is 5.57 Å². The van der Waals surface area contributed by atoms with Crippen molar-refractivity contribution < 1.29 is 29.5 Å². The zero-order chi connectivity index (χ0) is 29.9. The number of benzene rings is 2. The summed E-state index contributed by atoms with van der Waals surface area (Å²) in [6.45, 7) is 14.8.